The third-order valence-electron chi connectivity index (χ3n) is 5.77. The van der Waals surface area contributed by atoms with Crippen molar-refractivity contribution in [2.24, 2.45) is 0 Å². The third-order valence-corrected chi connectivity index (χ3v) is 5.77. The van der Waals surface area contributed by atoms with Crippen LogP contribution in [0.5, 0.6) is 0 Å². The third kappa shape index (κ3) is 12.1. The fourth-order valence-electron chi connectivity index (χ4n) is 3.90. The molecule has 0 spiro atoms. The smallest absolute Gasteiger partial charge is 0.238 e. The summed E-state index contributed by atoms with van der Waals surface area (Å²) in [5.41, 5.74) is 3.25. The van der Waals surface area contributed by atoms with Crippen LogP contribution in [0.4, 0.5) is 5.69 Å². The molecule has 1 rings (SSSR count). The second-order valence-corrected chi connectivity index (χ2v) is 8.63. The molecule has 1 aromatic carbocycles. The van der Waals surface area contributed by atoms with E-state index in [2.05, 4.69) is 50.0 Å². The Kier molecular flexibility index (Phi) is 14.6. The van der Waals surface area contributed by atoms with Crippen molar-refractivity contribution < 1.29 is 4.79 Å². The highest BCUT2D eigenvalue weighted by molar-refractivity contribution is 5.93. The maximum Gasteiger partial charge on any atom is 0.238 e. The van der Waals surface area contributed by atoms with Crippen LogP contribution in [0.2, 0.25) is 0 Å². The normalized spacial score (nSPS) is 11.2. The Morgan fingerprint density at radius 2 is 1.21 bits per heavy atom. The Morgan fingerprint density at radius 1 is 0.759 bits per heavy atom. The molecule has 0 saturated heterocycles. The number of nitrogens with one attached hydrogen (secondary N) is 1. The van der Waals surface area contributed by atoms with E-state index < -0.39 is 0 Å². The molecule has 0 heterocycles. The Hall–Kier alpha value is -1.35. The Labute approximate surface area is 180 Å². The minimum absolute atomic E-state index is 0.124. The summed E-state index contributed by atoms with van der Waals surface area (Å²) in [7, 11) is 0. The average Bonchev–Trinajstić information content (AvgIpc) is 2.70. The topological polar surface area (TPSA) is 32.3 Å². The first kappa shape index (κ1) is 25.7. The zero-order valence-electron chi connectivity index (χ0n) is 19.7. The highest BCUT2D eigenvalue weighted by Gasteiger charge is 2.12. The van der Waals surface area contributed by atoms with Crippen molar-refractivity contribution in [1.82, 2.24) is 4.90 Å². The molecule has 1 N–H and O–H groups in total. The molecule has 0 aliphatic heterocycles. The lowest BCUT2D eigenvalue weighted by atomic mass is 10.1. The van der Waals surface area contributed by atoms with E-state index in [0.29, 0.717) is 6.54 Å². The number of amides is 1. The summed E-state index contributed by atoms with van der Waals surface area (Å²) in [4.78, 5) is 15.1. The van der Waals surface area contributed by atoms with E-state index in [9.17, 15) is 4.79 Å². The van der Waals surface area contributed by atoms with Crippen molar-refractivity contribution in [3.63, 3.8) is 0 Å². The van der Waals surface area contributed by atoms with Gasteiger partial charge in [-0.15, -0.1) is 0 Å². The number of carbonyl (C=O) groups excluding carboxylic acids is 1. The number of hydrogen-bond acceptors (Lipinski definition) is 2. The number of aryl methyl sites for hydroxylation is 2. The highest BCUT2D eigenvalue weighted by Crippen LogP contribution is 2.19. The maximum atomic E-state index is 12.7. The standard InChI is InChI=1S/C26H46N2O/c1-5-7-9-11-13-15-20-28(21-16-14-12-10-8-6-2)22-25(29)27-26-23(3)18-17-19-24(26)4/h17-19H,5-16,20-22H2,1-4H3,(H,27,29). The van der Waals surface area contributed by atoms with Crippen LogP contribution < -0.4 is 5.32 Å². The molecule has 0 atom stereocenters. The summed E-state index contributed by atoms with van der Waals surface area (Å²) in [5.74, 6) is 0.124. The SMILES string of the molecule is CCCCCCCCN(CCCCCCCC)CC(=O)Nc1c(C)cccc1C. The first-order chi connectivity index (χ1) is 14.1. The largest absolute Gasteiger partial charge is 0.324 e. The molecule has 166 valence electrons. The van der Waals surface area contributed by atoms with Crippen molar-refractivity contribution in [1.29, 1.82) is 0 Å². The van der Waals surface area contributed by atoms with E-state index in [0.717, 1.165) is 29.9 Å². The number of benzene rings is 1. The van der Waals surface area contributed by atoms with Gasteiger partial charge in [0.2, 0.25) is 5.91 Å². The molecule has 0 saturated carbocycles. The number of anilines is 1. The fraction of sp³-hybridized carbons (Fsp3) is 0.731. The Morgan fingerprint density at radius 3 is 1.69 bits per heavy atom. The number of carbonyl (C=O) groups is 1. The molecule has 29 heavy (non-hydrogen) atoms. The number of unbranched alkanes of at least 4 members (excludes halogenated alkanes) is 10. The van der Waals surface area contributed by atoms with Gasteiger partial charge in [-0.1, -0.05) is 96.3 Å². The predicted molar refractivity (Wildman–Crippen MR) is 128 cm³/mol. The summed E-state index contributed by atoms with van der Waals surface area (Å²) in [6, 6.07) is 6.17. The van der Waals surface area contributed by atoms with Gasteiger partial charge in [-0.25, -0.2) is 0 Å². The molecule has 3 heteroatoms. The average molecular weight is 403 g/mol. The van der Waals surface area contributed by atoms with E-state index >= 15 is 0 Å². The number of rotatable bonds is 17. The van der Waals surface area contributed by atoms with Gasteiger partial charge in [-0.05, 0) is 50.9 Å². The van der Waals surface area contributed by atoms with Gasteiger partial charge in [0.15, 0.2) is 0 Å². The first-order valence-electron chi connectivity index (χ1n) is 12.2. The van der Waals surface area contributed by atoms with Gasteiger partial charge in [0, 0.05) is 5.69 Å². The van der Waals surface area contributed by atoms with Crippen molar-refractivity contribution in [3.8, 4) is 0 Å². The quantitative estimate of drug-likeness (QED) is 0.278. The van der Waals surface area contributed by atoms with Gasteiger partial charge in [0.05, 0.1) is 6.54 Å². The van der Waals surface area contributed by atoms with Gasteiger partial charge in [-0.3, -0.25) is 9.69 Å². The van der Waals surface area contributed by atoms with Gasteiger partial charge in [0.25, 0.3) is 0 Å². The predicted octanol–water partition coefficient (Wildman–Crippen LogP) is 7.26. The second kappa shape index (κ2) is 16.4. The lowest BCUT2D eigenvalue weighted by Crippen LogP contribution is -2.35. The zero-order chi connectivity index (χ0) is 21.3. The van der Waals surface area contributed by atoms with Crippen molar-refractivity contribution in [3.05, 3.63) is 29.3 Å². The van der Waals surface area contributed by atoms with Gasteiger partial charge in [0.1, 0.15) is 0 Å². The fourth-order valence-corrected chi connectivity index (χ4v) is 3.90. The van der Waals surface area contributed by atoms with Crippen LogP contribution in [-0.4, -0.2) is 30.4 Å². The van der Waals surface area contributed by atoms with Gasteiger partial charge >= 0.3 is 0 Å². The van der Waals surface area contributed by atoms with Crippen molar-refractivity contribution >= 4 is 11.6 Å². The number of nitrogens with zero attached hydrogens (tertiary/aromatic N) is 1. The van der Waals surface area contributed by atoms with Crippen LogP contribution in [0, 0.1) is 13.8 Å². The van der Waals surface area contributed by atoms with Crippen LogP contribution in [-0.2, 0) is 4.79 Å². The van der Waals surface area contributed by atoms with Crippen molar-refractivity contribution in [2.75, 3.05) is 25.0 Å². The molecule has 0 radical (unpaired) electrons. The molecule has 0 fully saturated rings. The van der Waals surface area contributed by atoms with Crippen LogP contribution in [0.15, 0.2) is 18.2 Å². The summed E-state index contributed by atoms with van der Waals surface area (Å²) < 4.78 is 0. The van der Waals surface area contributed by atoms with E-state index in [1.807, 2.05) is 6.07 Å². The van der Waals surface area contributed by atoms with Gasteiger partial charge in [-0.2, -0.15) is 0 Å². The molecule has 1 amide bonds. The van der Waals surface area contributed by atoms with Crippen LogP contribution in [0.3, 0.4) is 0 Å². The van der Waals surface area contributed by atoms with E-state index in [-0.39, 0.29) is 5.91 Å². The molecular weight excluding hydrogens is 356 g/mol. The Bertz CT molecular complexity index is 519. The summed E-state index contributed by atoms with van der Waals surface area (Å²) in [6.07, 6.45) is 15.6. The molecule has 0 aromatic heterocycles. The van der Waals surface area contributed by atoms with E-state index in [1.54, 1.807) is 0 Å². The molecule has 0 aliphatic carbocycles. The molecule has 0 aliphatic rings. The Balaban J connectivity index is 2.46. The molecular formula is C26H46N2O. The number of hydrogen-bond donors (Lipinski definition) is 1. The molecule has 0 bridgehead atoms. The number of para-hydroxylation sites is 1. The minimum atomic E-state index is 0.124. The second-order valence-electron chi connectivity index (χ2n) is 8.63. The molecule has 3 nitrogen and oxygen atoms in total. The van der Waals surface area contributed by atoms with Crippen LogP contribution >= 0.6 is 0 Å². The van der Waals surface area contributed by atoms with Gasteiger partial charge < -0.3 is 5.32 Å². The van der Waals surface area contributed by atoms with E-state index in [4.69, 9.17) is 0 Å². The monoisotopic (exact) mass is 402 g/mol. The molecule has 1 aromatic rings. The summed E-state index contributed by atoms with van der Waals surface area (Å²) in [5, 5.41) is 3.16. The first-order valence-corrected chi connectivity index (χ1v) is 12.2. The van der Waals surface area contributed by atoms with E-state index in [1.165, 1.54) is 77.0 Å². The summed E-state index contributed by atoms with van der Waals surface area (Å²) >= 11 is 0. The lowest BCUT2D eigenvalue weighted by Gasteiger charge is -2.22. The maximum absolute atomic E-state index is 12.7. The van der Waals surface area contributed by atoms with Crippen LogP contribution in [0.25, 0.3) is 0 Å². The minimum Gasteiger partial charge on any atom is -0.324 e. The zero-order valence-corrected chi connectivity index (χ0v) is 19.7. The van der Waals surface area contributed by atoms with Crippen molar-refractivity contribution in [2.45, 2.75) is 105 Å². The summed E-state index contributed by atoms with van der Waals surface area (Å²) in [6.45, 7) is 11.2. The lowest BCUT2D eigenvalue weighted by molar-refractivity contribution is -0.117. The molecule has 0 unspecified atom stereocenters. The van der Waals surface area contributed by atoms with Crippen LogP contribution in [0.1, 0.15) is 102 Å². The highest BCUT2D eigenvalue weighted by atomic mass is 16.2.